The minimum absolute atomic E-state index is 0. The molecule has 174 valence electrons. The van der Waals surface area contributed by atoms with E-state index in [1.54, 1.807) is 20.0 Å². The second-order valence-electron chi connectivity index (χ2n) is 7.65. The molecule has 1 heterocycles. The van der Waals surface area contributed by atoms with E-state index in [1.807, 2.05) is 29.2 Å². The van der Waals surface area contributed by atoms with Crippen LogP contribution >= 0.6 is 24.0 Å². The number of alkyl halides is 3. The summed E-state index contributed by atoms with van der Waals surface area (Å²) in [4.78, 5) is 17.9. The number of hydrogen-bond donors (Lipinski definition) is 2. The molecule has 2 aromatic carbocycles. The quantitative estimate of drug-likeness (QED) is 0.301. The molecule has 0 saturated carbocycles. The van der Waals surface area contributed by atoms with Crippen LogP contribution in [0.25, 0.3) is 0 Å². The van der Waals surface area contributed by atoms with E-state index < -0.39 is 11.7 Å². The highest BCUT2D eigenvalue weighted by Gasteiger charge is 2.30. The van der Waals surface area contributed by atoms with Crippen molar-refractivity contribution in [3.8, 4) is 0 Å². The van der Waals surface area contributed by atoms with E-state index in [-0.39, 0.29) is 35.9 Å². The lowest BCUT2D eigenvalue weighted by atomic mass is 10.1. The molecule has 1 atom stereocenters. The molecule has 5 nitrogen and oxygen atoms in total. The minimum Gasteiger partial charge on any atom is -0.352 e. The smallest absolute Gasteiger partial charge is 0.352 e. The van der Waals surface area contributed by atoms with Crippen LogP contribution in [0.5, 0.6) is 0 Å². The van der Waals surface area contributed by atoms with Crippen LogP contribution in [0, 0.1) is 0 Å². The molecular formula is C23H28F3IN4O. The van der Waals surface area contributed by atoms with Crippen LogP contribution in [0.1, 0.15) is 48.1 Å². The Balaban J connectivity index is 0.00000363. The second-order valence-corrected chi connectivity index (χ2v) is 7.65. The number of guanidine groups is 1. The molecule has 3 rings (SSSR count). The predicted molar refractivity (Wildman–Crippen MR) is 130 cm³/mol. The van der Waals surface area contributed by atoms with Gasteiger partial charge in [0.1, 0.15) is 0 Å². The average molecular weight is 560 g/mol. The maximum atomic E-state index is 13.0. The molecule has 1 aliphatic heterocycles. The summed E-state index contributed by atoms with van der Waals surface area (Å²) < 4.78 is 38.9. The Kier molecular flexibility index (Phi) is 9.35. The molecule has 0 spiro atoms. The van der Waals surface area contributed by atoms with Crippen molar-refractivity contribution in [1.82, 2.24) is 15.5 Å². The Hall–Kier alpha value is -2.30. The Labute approximate surface area is 203 Å². The normalized spacial score (nSPS) is 15.3. The molecule has 0 bridgehead atoms. The van der Waals surface area contributed by atoms with E-state index in [9.17, 15) is 18.0 Å². The molecular weight excluding hydrogens is 532 g/mol. The number of nitrogens with one attached hydrogen (secondary N) is 2. The minimum atomic E-state index is -4.37. The monoisotopic (exact) mass is 560 g/mol. The number of amides is 1. The SMILES string of the molecule is CN=C(NCc1cccc(CN2CCCC2=O)c1)NC(C)c1cccc(C(F)(F)F)c1.I. The number of nitrogens with zero attached hydrogens (tertiary/aromatic N) is 2. The number of hydrogen-bond acceptors (Lipinski definition) is 2. The molecule has 0 radical (unpaired) electrons. The summed E-state index contributed by atoms with van der Waals surface area (Å²) in [5.41, 5.74) is 1.94. The van der Waals surface area contributed by atoms with Crippen molar-refractivity contribution < 1.29 is 18.0 Å². The lowest BCUT2D eigenvalue weighted by Gasteiger charge is -2.20. The summed E-state index contributed by atoms with van der Waals surface area (Å²) in [5, 5.41) is 6.33. The van der Waals surface area contributed by atoms with Gasteiger partial charge in [-0.05, 0) is 42.2 Å². The van der Waals surface area contributed by atoms with Gasteiger partial charge >= 0.3 is 6.18 Å². The standard InChI is InChI=1S/C23H27F3N4O.HI/c1-16(19-8-4-9-20(13-19)23(24,25)26)29-22(27-2)28-14-17-6-3-7-18(12-17)15-30-11-5-10-21(30)31;/h3-4,6-9,12-13,16H,5,10-11,14-15H2,1-2H3,(H2,27,28,29);1H. The van der Waals surface area contributed by atoms with Crippen molar-refractivity contribution in [3.05, 3.63) is 70.8 Å². The average Bonchev–Trinajstić information content (AvgIpc) is 3.15. The molecule has 0 aromatic heterocycles. The van der Waals surface area contributed by atoms with E-state index in [0.29, 0.717) is 31.0 Å². The molecule has 2 aromatic rings. The number of likely N-dealkylation sites (tertiary alicyclic amines) is 1. The van der Waals surface area contributed by atoms with Crippen LogP contribution in [0.3, 0.4) is 0 Å². The second kappa shape index (κ2) is 11.5. The molecule has 1 fully saturated rings. The van der Waals surface area contributed by atoms with Crippen molar-refractivity contribution in [3.63, 3.8) is 0 Å². The number of halogens is 4. The summed E-state index contributed by atoms with van der Waals surface area (Å²) in [6.07, 6.45) is -2.85. The third-order valence-electron chi connectivity index (χ3n) is 5.29. The lowest BCUT2D eigenvalue weighted by molar-refractivity contribution is -0.137. The molecule has 1 saturated heterocycles. The third-order valence-corrected chi connectivity index (χ3v) is 5.29. The van der Waals surface area contributed by atoms with Gasteiger partial charge in [-0.15, -0.1) is 24.0 Å². The van der Waals surface area contributed by atoms with Crippen molar-refractivity contribution >= 4 is 35.8 Å². The molecule has 9 heteroatoms. The van der Waals surface area contributed by atoms with Crippen LogP contribution in [0.4, 0.5) is 13.2 Å². The van der Waals surface area contributed by atoms with Gasteiger partial charge in [0, 0.05) is 33.1 Å². The van der Waals surface area contributed by atoms with Gasteiger partial charge in [0.2, 0.25) is 5.91 Å². The first-order valence-corrected chi connectivity index (χ1v) is 10.3. The van der Waals surface area contributed by atoms with Gasteiger partial charge in [-0.2, -0.15) is 13.2 Å². The van der Waals surface area contributed by atoms with Gasteiger partial charge in [0.05, 0.1) is 11.6 Å². The van der Waals surface area contributed by atoms with Gasteiger partial charge in [0.15, 0.2) is 5.96 Å². The summed E-state index contributed by atoms with van der Waals surface area (Å²) in [5.74, 6) is 0.682. The maximum absolute atomic E-state index is 13.0. The first-order chi connectivity index (χ1) is 14.8. The zero-order chi connectivity index (χ0) is 22.4. The number of benzene rings is 2. The Morgan fingerprint density at radius 3 is 2.53 bits per heavy atom. The Bertz CT molecular complexity index is 949. The van der Waals surface area contributed by atoms with Crippen molar-refractivity contribution in [2.45, 2.75) is 45.1 Å². The number of carbonyl (C=O) groups is 1. The van der Waals surface area contributed by atoms with Crippen LogP contribution in [-0.4, -0.2) is 30.4 Å². The van der Waals surface area contributed by atoms with Crippen LogP contribution < -0.4 is 10.6 Å². The molecule has 0 aliphatic carbocycles. The highest BCUT2D eigenvalue weighted by Crippen LogP contribution is 2.30. The van der Waals surface area contributed by atoms with Gasteiger partial charge < -0.3 is 15.5 Å². The number of aliphatic imine (C=N–C) groups is 1. The molecule has 1 aliphatic rings. The van der Waals surface area contributed by atoms with Gasteiger partial charge in [0.25, 0.3) is 0 Å². The fourth-order valence-electron chi connectivity index (χ4n) is 3.58. The highest BCUT2D eigenvalue weighted by molar-refractivity contribution is 14.0. The predicted octanol–water partition coefficient (Wildman–Crippen LogP) is 4.87. The largest absolute Gasteiger partial charge is 0.416 e. The number of carbonyl (C=O) groups excluding carboxylic acids is 1. The zero-order valence-corrected chi connectivity index (χ0v) is 20.4. The highest BCUT2D eigenvalue weighted by atomic mass is 127. The van der Waals surface area contributed by atoms with E-state index in [1.165, 1.54) is 6.07 Å². The van der Waals surface area contributed by atoms with Crippen LogP contribution in [0.2, 0.25) is 0 Å². The summed E-state index contributed by atoms with van der Waals surface area (Å²) >= 11 is 0. The zero-order valence-electron chi connectivity index (χ0n) is 18.1. The fourth-order valence-corrected chi connectivity index (χ4v) is 3.58. The van der Waals surface area contributed by atoms with Gasteiger partial charge in [-0.1, -0.05) is 36.4 Å². The van der Waals surface area contributed by atoms with Crippen molar-refractivity contribution in [2.75, 3.05) is 13.6 Å². The molecule has 1 amide bonds. The maximum Gasteiger partial charge on any atom is 0.416 e. The third kappa shape index (κ3) is 7.11. The summed E-state index contributed by atoms with van der Waals surface area (Å²) in [7, 11) is 1.61. The van der Waals surface area contributed by atoms with E-state index in [0.717, 1.165) is 36.2 Å². The van der Waals surface area contributed by atoms with Crippen molar-refractivity contribution in [2.24, 2.45) is 4.99 Å². The first kappa shape index (κ1) is 26.0. The molecule has 2 N–H and O–H groups in total. The van der Waals surface area contributed by atoms with Crippen LogP contribution in [-0.2, 0) is 24.1 Å². The van der Waals surface area contributed by atoms with Crippen molar-refractivity contribution in [1.29, 1.82) is 0 Å². The van der Waals surface area contributed by atoms with Gasteiger partial charge in [-0.3, -0.25) is 9.79 Å². The summed E-state index contributed by atoms with van der Waals surface area (Å²) in [6, 6.07) is 12.9. The van der Waals surface area contributed by atoms with E-state index in [4.69, 9.17) is 0 Å². The number of rotatable bonds is 6. The fraction of sp³-hybridized carbons (Fsp3) is 0.391. The van der Waals surface area contributed by atoms with Gasteiger partial charge in [-0.25, -0.2) is 0 Å². The Morgan fingerprint density at radius 1 is 1.16 bits per heavy atom. The van der Waals surface area contributed by atoms with Crippen LogP contribution in [0.15, 0.2) is 53.5 Å². The molecule has 32 heavy (non-hydrogen) atoms. The molecule has 1 unspecified atom stereocenters. The van der Waals surface area contributed by atoms with E-state index in [2.05, 4.69) is 15.6 Å². The van der Waals surface area contributed by atoms with E-state index >= 15 is 0 Å². The summed E-state index contributed by atoms with van der Waals surface area (Å²) in [6.45, 7) is 3.68. The topological polar surface area (TPSA) is 56.7 Å². The first-order valence-electron chi connectivity index (χ1n) is 10.3. The lowest BCUT2D eigenvalue weighted by Crippen LogP contribution is -2.38. The Morgan fingerprint density at radius 2 is 1.88 bits per heavy atom.